The third-order valence-corrected chi connectivity index (χ3v) is 3.52. The minimum absolute atomic E-state index is 0.0290. The van der Waals surface area contributed by atoms with Crippen LogP contribution in [0.3, 0.4) is 0 Å². The van der Waals surface area contributed by atoms with E-state index in [4.69, 9.17) is 15.2 Å². The van der Waals surface area contributed by atoms with E-state index >= 15 is 0 Å². The number of amides is 2. The van der Waals surface area contributed by atoms with Crippen LogP contribution in [-0.2, 0) is 25.7 Å². The van der Waals surface area contributed by atoms with Crippen LogP contribution in [0.15, 0.2) is 30.3 Å². The van der Waals surface area contributed by atoms with Gasteiger partial charge in [-0.2, -0.15) is 0 Å². The van der Waals surface area contributed by atoms with Gasteiger partial charge in [-0.3, -0.25) is 9.69 Å². The van der Waals surface area contributed by atoms with Crippen molar-refractivity contribution in [1.82, 2.24) is 4.90 Å². The molecule has 2 N–H and O–H groups in total. The van der Waals surface area contributed by atoms with E-state index < -0.39 is 35.2 Å². The molecule has 1 aromatic carbocycles. The smallest absolute Gasteiger partial charge is 0.411 e. The van der Waals surface area contributed by atoms with Gasteiger partial charge in [-0.25, -0.2) is 9.59 Å². The molecule has 0 fully saturated rings. The van der Waals surface area contributed by atoms with Crippen molar-refractivity contribution in [2.75, 3.05) is 0 Å². The number of nitrogens with two attached hydrogens (primary N) is 1. The first-order valence-corrected chi connectivity index (χ1v) is 8.82. The van der Waals surface area contributed by atoms with Crippen LogP contribution in [0.2, 0.25) is 0 Å². The maximum atomic E-state index is 12.8. The molecule has 1 aromatic rings. The molecule has 0 unspecified atom stereocenters. The Labute approximate surface area is 160 Å². The van der Waals surface area contributed by atoms with E-state index in [1.807, 2.05) is 30.3 Å². The van der Waals surface area contributed by atoms with Crippen molar-refractivity contribution < 1.29 is 23.9 Å². The summed E-state index contributed by atoms with van der Waals surface area (Å²) in [6.07, 6.45) is -1.07. The monoisotopic (exact) mass is 378 g/mol. The number of esters is 1. The lowest BCUT2D eigenvalue weighted by atomic mass is 10.0. The molecule has 0 radical (unpaired) electrons. The summed E-state index contributed by atoms with van der Waals surface area (Å²) >= 11 is 0. The van der Waals surface area contributed by atoms with E-state index in [0.717, 1.165) is 5.56 Å². The highest BCUT2D eigenvalue weighted by Crippen LogP contribution is 2.24. The van der Waals surface area contributed by atoms with Crippen LogP contribution in [0.1, 0.15) is 53.5 Å². The van der Waals surface area contributed by atoms with E-state index in [1.165, 1.54) is 4.90 Å². The molecule has 1 rings (SSSR count). The third-order valence-electron chi connectivity index (χ3n) is 3.52. The fourth-order valence-electron chi connectivity index (χ4n) is 2.48. The Morgan fingerprint density at radius 3 is 2.04 bits per heavy atom. The molecule has 0 aliphatic carbocycles. The van der Waals surface area contributed by atoms with Crippen LogP contribution in [0.25, 0.3) is 0 Å². The Hall–Kier alpha value is -2.57. The van der Waals surface area contributed by atoms with Crippen molar-refractivity contribution in [2.24, 2.45) is 5.73 Å². The van der Waals surface area contributed by atoms with E-state index in [2.05, 4.69) is 0 Å². The fourth-order valence-corrected chi connectivity index (χ4v) is 2.48. The minimum Gasteiger partial charge on any atom is -0.459 e. The lowest BCUT2D eigenvalue weighted by molar-refractivity contribution is -0.155. The molecular weight excluding hydrogens is 348 g/mol. The number of carbonyl (C=O) groups is 3. The zero-order valence-corrected chi connectivity index (χ0v) is 16.9. The van der Waals surface area contributed by atoms with E-state index in [0.29, 0.717) is 0 Å². The summed E-state index contributed by atoms with van der Waals surface area (Å²) in [4.78, 5) is 38.3. The molecule has 0 bridgehead atoms. The summed E-state index contributed by atoms with van der Waals surface area (Å²) in [6.45, 7) is 10.4. The summed E-state index contributed by atoms with van der Waals surface area (Å²) in [7, 11) is 0. The zero-order chi connectivity index (χ0) is 20.8. The van der Waals surface area contributed by atoms with Gasteiger partial charge in [0.05, 0.1) is 6.42 Å². The van der Waals surface area contributed by atoms with Gasteiger partial charge in [0.25, 0.3) is 0 Å². The summed E-state index contributed by atoms with van der Waals surface area (Å²) < 4.78 is 10.8. The Morgan fingerprint density at radius 1 is 1.04 bits per heavy atom. The first-order valence-electron chi connectivity index (χ1n) is 8.82. The summed E-state index contributed by atoms with van der Waals surface area (Å²) in [5.41, 5.74) is 4.56. The van der Waals surface area contributed by atoms with Gasteiger partial charge >= 0.3 is 12.1 Å². The highest BCUT2D eigenvalue weighted by atomic mass is 16.6. The molecule has 0 aliphatic heterocycles. The second kappa shape index (κ2) is 8.88. The molecule has 1 atom stereocenters. The molecule has 150 valence electrons. The first-order chi connectivity index (χ1) is 12.3. The number of nitrogens with zero attached hydrogens (tertiary/aromatic N) is 1. The van der Waals surface area contributed by atoms with Gasteiger partial charge in [-0.1, -0.05) is 30.3 Å². The number of hydrogen-bond donors (Lipinski definition) is 1. The molecule has 0 heterocycles. The Kier molecular flexibility index (Phi) is 7.39. The molecule has 27 heavy (non-hydrogen) atoms. The molecule has 0 saturated carbocycles. The van der Waals surface area contributed by atoms with Crippen LogP contribution < -0.4 is 5.73 Å². The standard InChI is InChI=1S/C20H30N2O5/c1-19(2,3)22(18(25)27-20(4,5)6)15(12-16(21)23)17(24)26-13-14-10-8-7-9-11-14/h7-11,15H,12-13H2,1-6H3,(H2,21,23)/t15-/m0/s1. The molecule has 0 spiro atoms. The molecular formula is C20H30N2O5. The number of benzene rings is 1. The van der Waals surface area contributed by atoms with Crippen LogP contribution >= 0.6 is 0 Å². The number of ether oxygens (including phenoxy) is 2. The predicted octanol–water partition coefficient (Wildman–Crippen LogP) is 3.01. The van der Waals surface area contributed by atoms with Crippen molar-refractivity contribution in [2.45, 2.75) is 71.8 Å². The Balaban J connectivity index is 3.08. The van der Waals surface area contributed by atoms with Gasteiger partial charge in [0.15, 0.2) is 0 Å². The topological polar surface area (TPSA) is 98.9 Å². The first kappa shape index (κ1) is 22.5. The van der Waals surface area contributed by atoms with Crippen molar-refractivity contribution in [3.05, 3.63) is 35.9 Å². The van der Waals surface area contributed by atoms with Crippen molar-refractivity contribution in [3.63, 3.8) is 0 Å². The average Bonchev–Trinajstić information content (AvgIpc) is 2.49. The zero-order valence-electron chi connectivity index (χ0n) is 16.9. The SMILES string of the molecule is CC(C)(C)OC(=O)N([C@@H](CC(N)=O)C(=O)OCc1ccccc1)C(C)(C)C. The van der Waals surface area contributed by atoms with Crippen LogP contribution in [0.4, 0.5) is 4.79 Å². The second-order valence-corrected chi connectivity index (χ2v) is 8.30. The second-order valence-electron chi connectivity index (χ2n) is 8.30. The number of hydrogen-bond acceptors (Lipinski definition) is 5. The lowest BCUT2D eigenvalue weighted by Crippen LogP contribution is -2.57. The van der Waals surface area contributed by atoms with E-state index in [9.17, 15) is 14.4 Å². The van der Waals surface area contributed by atoms with Gasteiger partial charge in [0, 0.05) is 5.54 Å². The van der Waals surface area contributed by atoms with Gasteiger partial charge < -0.3 is 15.2 Å². The number of carbonyl (C=O) groups excluding carboxylic acids is 3. The van der Waals surface area contributed by atoms with Crippen LogP contribution in [-0.4, -0.2) is 40.1 Å². The van der Waals surface area contributed by atoms with Gasteiger partial charge in [0.1, 0.15) is 18.2 Å². The van der Waals surface area contributed by atoms with Crippen LogP contribution in [0.5, 0.6) is 0 Å². The quantitative estimate of drug-likeness (QED) is 0.767. The Bertz CT molecular complexity index is 659. The van der Waals surface area contributed by atoms with Gasteiger partial charge in [0.2, 0.25) is 5.91 Å². The maximum Gasteiger partial charge on any atom is 0.411 e. The van der Waals surface area contributed by atoms with E-state index in [1.54, 1.807) is 41.5 Å². The molecule has 0 saturated heterocycles. The van der Waals surface area contributed by atoms with Crippen LogP contribution in [0, 0.1) is 0 Å². The highest BCUT2D eigenvalue weighted by Gasteiger charge is 2.41. The van der Waals surface area contributed by atoms with Crippen molar-refractivity contribution in [3.8, 4) is 0 Å². The fraction of sp³-hybridized carbons (Fsp3) is 0.550. The largest absolute Gasteiger partial charge is 0.459 e. The molecule has 7 nitrogen and oxygen atoms in total. The summed E-state index contributed by atoms with van der Waals surface area (Å²) in [5, 5.41) is 0. The predicted molar refractivity (Wildman–Crippen MR) is 102 cm³/mol. The normalized spacial score (nSPS) is 12.8. The molecule has 0 aliphatic rings. The van der Waals surface area contributed by atoms with Gasteiger partial charge in [-0.05, 0) is 47.1 Å². The summed E-state index contributed by atoms with van der Waals surface area (Å²) in [6, 6.07) is 7.95. The lowest BCUT2D eigenvalue weighted by Gasteiger charge is -2.40. The number of rotatable bonds is 6. The maximum absolute atomic E-state index is 12.8. The molecule has 7 heteroatoms. The molecule has 2 amide bonds. The summed E-state index contributed by atoms with van der Waals surface area (Å²) in [5.74, 6) is -1.42. The molecule has 0 aromatic heterocycles. The van der Waals surface area contributed by atoms with Gasteiger partial charge in [-0.15, -0.1) is 0 Å². The van der Waals surface area contributed by atoms with Crippen molar-refractivity contribution in [1.29, 1.82) is 0 Å². The highest BCUT2D eigenvalue weighted by molar-refractivity contribution is 5.87. The average molecular weight is 378 g/mol. The van der Waals surface area contributed by atoms with Crippen molar-refractivity contribution >= 4 is 18.0 Å². The minimum atomic E-state index is -1.18. The van der Waals surface area contributed by atoms with E-state index in [-0.39, 0.29) is 13.0 Å². The third kappa shape index (κ3) is 7.68. The Morgan fingerprint density at radius 2 is 1.59 bits per heavy atom. The number of primary amides is 1.